The fourth-order valence-corrected chi connectivity index (χ4v) is 5.69. The zero-order valence-corrected chi connectivity index (χ0v) is 19.0. The molecule has 1 aliphatic heterocycles. The Morgan fingerprint density at radius 1 is 1.21 bits per heavy atom. The Bertz CT molecular complexity index is 1250. The molecule has 0 saturated heterocycles. The van der Waals surface area contributed by atoms with Crippen LogP contribution in [0.15, 0.2) is 42.5 Å². The number of aromatic nitrogens is 1. The van der Waals surface area contributed by atoms with Gasteiger partial charge in [-0.2, -0.15) is 0 Å². The van der Waals surface area contributed by atoms with Crippen molar-refractivity contribution in [3.63, 3.8) is 0 Å². The van der Waals surface area contributed by atoms with Gasteiger partial charge < -0.3 is 10.1 Å². The molecular formula is C27H27F3N2O2. The Kier molecular flexibility index (Phi) is 5.76. The van der Waals surface area contributed by atoms with Gasteiger partial charge in [-0.3, -0.25) is 4.90 Å². The second-order valence-corrected chi connectivity index (χ2v) is 9.62. The molecule has 3 aromatic rings. The van der Waals surface area contributed by atoms with Gasteiger partial charge in [-0.1, -0.05) is 31.0 Å². The lowest BCUT2D eigenvalue weighted by molar-refractivity contribution is -0.131. The number of carboxylic acid groups (broad SMARTS) is 1. The van der Waals surface area contributed by atoms with Gasteiger partial charge in [0.15, 0.2) is 0 Å². The first kappa shape index (κ1) is 22.7. The molecule has 2 atom stereocenters. The maximum atomic E-state index is 15.7. The second kappa shape index (κ2) is 8.62. The third kappa shape index (κ3) is 4.02. The summed E-state index contributed by atoms with van der Waals surface area (Å²) in [5, 5.41) is 9.86. The molecule has 5 rings (SSSR count). The van der Waals surface area contributed by atoms with Gasteiger partial charge in [-0.15, -0.1) is 0 Å². The summed E-state index contributed by atoms with van der Waals surface area (Å²) < 4.78 is 46.7. The minimum absolute atomic E-state index is 0.104. The highest BCUT2D eigenvalue weighted by molar-refractivity contribution is 5.86. The zero-order chi connectivity index (χ0) is 24.0. The molecule has 0 radical (unpaired) electrons. The molecule has 7 heteroatoms. The molecule has 2 aromatic carbocycles. The average molecular weight is 469 g/mol. The summed E-state index contributed by atoms with van der Waals surface area (Å²) in [6.45, 7) is 2.09. The monoisotopic (exact) mass is 468 g/mol. The lowest BCUT2D eigenvalue weighted by Crippen LogP contribution is -2.49. The molecule has 34 heavy (non-hydrogen) atoms. The molecule has 0 amide bonds. The molecule has 2 N–H and O–H groups in total. The third-order valence-corrected chi connectivity index (χ3v) is 7.28. The molecule has 1 saturated carbocycles. The number of para-hydroxylation sites is 1. The summed E-state index contributed by atoms with van der Waals surface area (Å²) in [6, 6.07) is 9.08. The van der Waals surface area contributed by atoms with Crippen molar-refractivity contribution in [3.8, 4) is 0 Å². The van der Waals surface area contributed by atoms with Crippen LogP contribution in [0.25, 0.3) is 17.0 Å². The van der Waals surface area contributed by atoms with Crippen LogP contribution in [0.1, 0.15) is 61.0 Å². The predicted molar refractivity (Wildman–Crippen MR) is 125 cm³/mol. The maximum Gasteiger partial charge on any atom is 0.328 e. The molecule has 178 valence electrons. The Labute approximate surface area is 196 Å². The number of hydrogen-bond acceptors (Lipinski definition) is 2. The quantitative estimate of drug-likeness (QED) is 0.441. The fraction of sp³-hybridized carbons (Fsp3) is 0.370. The molecule has 1 aromatic heterocycles. The first-order valence-electron chi connectivity index (χ1n) is 11.7. The lowest BCUT2D eigenvalue weighted by atomic mass is 9.86. The normalized spacial score (nSPS) is 22.5. The van der Waals surface area contributed by atoms with Crippen LogP contribution in [0.2, 0.25) is 0 Å². The number of carboxylic acids is 1. The van der Waals surface area contributed by atoms with E-state index in [1.54, 1.807) is 0 Å². The molecule has 0 unspecified atom stereocenters. The van der Waals surface area contributed by atoms with E-state index < -0.39 is 29.3 Å². The molecule has 4 nitrogen and oxygen atoms in total. The maximum absolute atomic E-state index is 15.7. The summed E-state index contributed by atoms with van der Waals surface area (Å²) in [6.07, 6.45) is 5.17. The van der Waals surface area contributed by atoms with Gasteiger partial charge in [-0.25, -0.2) is 18.0 Å². The Morgan fingerprint density at radius 2 is 1.88 bits per heavy atom. The number of aliphatic carboxylic acids is 1. The van der Waals surface area contributed by atoms with Crippen LogP contribution in [-0.2, 0) is 11.2 Å². The zero-order valence-electron chi connectivity index (χ0n) is 19.0. The van der Waals surface area contributed by atoms with Crippen molar-refractivity contribution in [2.24, 2.45) is 0 Å². The van der Waals surface area contributed by atoms with Crippen molar-refractivity contribution in [2.45, 2.75) is 56.8 Å². The van der Waals surface area contributed by atoms with E-state index in [0.29, 0.717) is 25.0 Å². The molecule has 0 bridgehead atoms. The lowest BCUT2D eigenvalue weighted by Gasteiger charge is -2.43. The van der Waals surface area contributed by atoms with Crippen LogP contribution in [-0.4, -0.2) is 39.2 Å². The van der Waals surface area contributed by atoms with Crippen LogP contribution in [0, 0.1) is 11.6 Å². The summed E-state index contributed by atoms with van der Waals surface area (Å²) in [4.78, 5) is 16.1. The number of nitrogens with zero attached hydrogens (tertiary/aromatic N) is 1. The van der Waals surface area contributed by atoms with E-state index in [1.165, 1.54) is 0 Å². The average Bonchev–Trinajstić information content (AvgIpc) is 3.37. The van der Waals surface area contributed by atoms with Crippen molar-refractivity contribution >= 4 is 22.9 Å². The first-order chi connectivity index (χ1) is 16.3. The number of alkyl halides is 1. The Hall–Kier alpha value is -3.06. The van der Waals surface area contributed by atoms with E-state index in [9.17, 15) is 4.79 Å². The second-order valence-electron chi connectivity index (χ2n) is 9.62. The van der Waals surface area contributed by atoms with Gasteiger partial charge in [-0.05, 0) is 61.6 Å². The molecular weight excluding hydrogens is 441 g/mol. The molecule has 1 aliphatic carbocycles. The highest BCUT2D eigenvalue weighted by atomic mass is 19.1. The van der Waals surface area contributed by atoms with Gasteiger partial charge in [0.25, 0.3) is 0 Å². The Balaban J connectivity index is 1.67. The van der Waals surface area contributed by atoms with Crippen molar-refractivity contribution in [1.82, 2.24) is 9.88 Å². The predicted octanol–water partition coefficient (Wildman–Crippen LogP) is 6.16. The number of carbonyl (C=O) groups is 1. The molecule has 0 spiro atoms. The number of nitrogens with one attached hydrogen (secondary N) is 1. The largest absolute Gasteiger partial charge is 0.478 e. The molecule has 1 fully saturated rings. The van der Waals surface area contributed by atoms with Gasteiger partial charge >= 0.3 is 5.97 Å². The highest BCUT2D eigenvalue weighted by Crippen LogP contribution is 2.45. The number of fused-ring (bicyclic) bond motifs is 3. The smallest absolute Gasteiger partial charge is 0.328 e. The van der Waals surface area contributed by atoms with Crippen molar-refractivity contribution in [2.75, 3.05) is 6.54 Å². The van der Waals surface area contributed by atoms with Gasteiger partial charge in [0.2, 0.25) is 0 Å². The minimum atomic E-state index is -1.38. The minimum Gasteiger partial charge on any atom is -0.478 e. The van der Waals surface area contributed by atoms with Crippen molar-refractivity contribution in [3.05, 3.63) is 76.5 Å². The van der Waals surface area contributed by atoms with Crippen LogP contribution in [0.4, 0.5) is 13.2 Å². The first-order valence-corrected chi connectivity index (χ1v) is 11.7. The summed E-state index contributed by atoms with van der Waals surface area (Å²) in [5.41, 5.74) is 1.15. The van der Waals surface area contributed by atoms with Crippen molar-refractivity contribution in [1.29, 1.82) is 0 Å². The number of benzene rings is 2. The van der Waals surface area contributed by atoms with E-state index in [0.717, 1.165) is 53.6 Å². The topological polar surface area (TPSA) is 56.3 Å². The summed E-state index contributed by atoms with van der Waals surface area (Å²) >= 11 is 0. The Morgan fingerprint density at radius 3 is 2.56 bits per heavy atom. The van der Waals surface area contributed by atoms with E-state index in [2.05, 4.69) is 4.98 Å². The van der Waals surface area contributed by atoms with Crippen LogP contribution >= 0.6 is 0 Å². The molecule has 2 aliphatic rings. The molecule has 2 heterocycles. The number of hydrogen-bond donors (Lipinski definition) is 2. The van der Waals surface area contributed by atoms with Crippen molar-refractivity contribution < 1.29 is 23.1 Å². The van der Waals surface area contributed by atoms with Gasteiger partial charge in [0.05, 0.1) is 6.04 Å². The standard InChI is InChI=1S/C27H27F3N2O2/c1-16-12-19-18-6-2-3-7-22(18)31-25(19)26(32(16)15-27(30)10-4-5-11-27)24-20(28)13-17(14-21(24)29)8-9-23(33)34/h2-3,6-9,13-14,16,26,31H,4-5,10-12,15H2,1H3,(H,33,34)/b9-8+/t16-,26-/m1/s1. The number of rotatable bonds is 5. The summed E-state index contributed by atoms with van der Waals surface area (Å²) in [7, 11) is 0. The van der Waals surface area contributed by atoms with E-state index in [4.69, 9.17) is 5.11 Å². The van der Waals surface area contributed by atoms with E-state index in [-0.39, 0.29) is 23.7 Å². The van der Waals surface area contributed by atoms with Crippen LogP contribution in [0.3, 0.4) is 0 Å². The highest BCUT2D eigenvalue weighted by Gasteiger charge is 2.44. The van der Waals surface area contributed by atoms with E-state index >= 15 is 13.2 Å². The number of halogens is 3. The van der Waals surface area contributed by atoms with Gasteiger partial charge in [0, 0.05) is 40.8 Å². The van der Waals surface area contributed by atoms with Gasteiger partial charge in [0.1, 0.15) is 17.3 Å². The fourth-order valence-electron chi connectivity index (χ4n) is 5.69. The summed E-state index contributed by atoms with van der Waals surface area (Å²) in [5.74, 6) is -2.76. The van der Waals surface area contributed by atoms with Crippen LogP contribution in [0.5, 0.6) is 0 Å². The number of aromatic amines is 1. The van der Waals surface area contributed by atoms with E-state index in [1.807, 2.05) is 36.1 Å². The third-order valence-electron chi connectivity index (χ3n) is 7.28. The SMILES string of the molecule is C[C@@H]1Cc2c([nH]c3ccccc23)[C@@H](c2c(F)cc(/C=C/C(=O)O)cc2F)N1CC1(F)CCCC1. The number of H-pyrrole nitrogens is 1. The van der Waals surface area contributed by atoms with Crippen LogP contribution < -0.4 is 0 Å².